The lowest BCUT2D eigenvalue weighted by atomic mass is 10.1. The molecule has 1 fully saturated rings. The van der Waals surface area contributed by atoms with Crippen molar-refractivity contribution in [2.75, 3.05) is 44.6 Å². The van der Waals surface area contributed by atoms with Crippen molar-refractivity contribution in [1.82, 2.24) is 15.1 Å². The molecule has 0 saturated carbocycles. The molecule has 1 atom stereocenters. The van der Waals surface area contributed by atoms with Gasteiger partial charge in [0.1, 0.15) is 0 Å². The van der Waals surface area contributed by atoms with Crippen LogP contribution in [0.1, 0.15) is 24.1 Å². The Morgan fingerprint density at radius 2 is 1.70 bits per heavy atom. The average Bonchev–Trinajstić information content (AvgIpc) is 2.74. The number of carbonyl (C=O) groups is 2. The third-order valence-corrected chi connectivity index (χ3v) is 5.70. The Morgan fingerprint density at radius 1 is 1.03 bits per heavy atom. The minimum Gasteiger partial charge on any atom is -0.339 e. The van der Waals surface area contributed by atoms with Crippen molar-refractivity contribution in [2.45, 2.75) is 19.9 Å². The zero-order valence-corrected chi connectivity index (χ0v) is 18.3. The molecular weight excluding hydrogens is 400 g/mol. The molecule has 1 saturated heterocycles. The van der Waals surface area contributed by atoms with E-state index in [4.69, 9.17) is 11.6 Å². The molecule has 1 aliphatic rings. The third-order valence-electron chi connectivity index (χ3n) is 5.36. The lowest BCUT2D eigenvalue weighted by Crippen LogP contribution is -2.52. The maximum Gasteiger partial charge on any atom is 0.238 e. The summed E-state index contributed by atoms with van der Waals surface area (Å²) >= 11 is 6.23. The van der Waals surface area contributed by atoms with Crippen molar-refractivity contribution >= 4 is 29.1 Å². The number of piperazine rings is 1. The Hall–Kier alpha value is -2.41. The summed E-state index contributed by atoms with van der Waals surface area (Å²) in [5, 5.41) is 6.88. The van der Waals surface area contributed by atoms with Crippen LogP contribution in [-0.4, -0.2) is 60.9 Å². The molecule has 6 nitrogen and oxygen atoms in total. The number of benzene rings is 2. The van der Waals surface area contributed by atoms with E-state index in [9.17, 15) is 9.59 Å². The fourth-order valence-corrected chi connectivity index (χ4v) is 3.78. The van der Waals surface area contributed by atoms with Crippen molar-refractivity contribution in [3.8, 4) is 0 Å². The summed E-state index contributed by atoms with van der Waals surface area (Å²) in [6, 6.07) is 15.4. The maximum absolute atomic E-state index is 12.5. The summed E-state index contributed by atoms with van der Waals surface area (Å²) in [7, 11) is 0. The van der Waals surface area contributed by atoms with E-state index in [0.29, 0.717) is 37.7 Å². The van der Waals surface area contributed by atoms with Gasteiger partial charge in [-0.25, -0.2) is 0 Å². The first-order valence-corrected chi connectivity index (χ1v) is 10.6. The van der Waals surface area contributed by atoms with Crippen LogP contribution in [0.3, 0.4) is 0 Å². The molecular formula is C23H29ClN4O2. The van der Waals surface area contributed by atoms with Gasteiger partial charge in [0.05, 0.1) is 13.1 Å². The van der Waals surface area contributed by atoms with E-state index in [-0.39, 0.29) is 24.4 Å². The summed E-state index contributed by atoms with van der Waals surface area (Å²) in [5.41, 5.74) is 2.94. The second-order valence-corrected chi connectivity index (χ2v) is 8.10. The molecule has 0 aliphatic carbocycles. The first-order valence-electron chi connectivity index (χ1n) is 10.3. The summed E-state index contributed by atoms with van der Waals surface area (Å²) in [5.74, 6) is 0.0338. The van der Waals surface area contributed by atoms with Crippen LogP contribution < -0.4 is 10.6 Å². The van der Waals surface area contributed by atoms with Crippen LogP contribution in [-0.2, 0) is 9.59 Å². The molecule has 7 heteroatoms. The number of carbonyl (C=O) groups excluding carboxylic acids is 2. The van der Waals surface area contributed by atoms with Crippen molar-refractivity contribution in [3.05, 3.63) is 64.7 Å². The third kappa shape index (κ3) is 6.29. The van der Waals surface area contributed by atoms with Crippen LogP contribution in [0.5, 0.6) is 0 Å². The van der Waals surface area contributed by atoms with Crippen LogP contribution in [0.2, 0.25) is 5.02 Å². The fourth-order valence-electron chi connectivity index (χ4n) is 3.48. The van der Waals surface area contributed by atoms with Gasteiger partial charge in [0.2, 0.25) is 11.8 Å². The lowest BCUT2D eigenvalue weighted by Gasteiger charge is -2.34. The number of amides is 2. The first-order chi connectivity index (χ1) is 14.4. The van der Waals surface area contributed by atoms with Gasteiger partial charge in [-0.1, -0.05) is 47.5 Å². The topological polar surface area (TPSA) is 64.7 Å². The van der Waals surface area contributed by atoms with E-state index < -0.39 is 0 Å². The predicted octanol–water partition coefficient (Wildman–Crippen LogP) is 3.08. The molecule has 0 aromatic heterocycles. The summed E-state index contributed by atoms with van der Waals surface area (Å²) in [6.07, 6.45) is 0. The van der Waals surface area contributed by atoms with E-state index in [1.165, 1.54) is 0 Å². The lowest BCUT2D eigenvalue weighted by molar-refractivity contribution is -0.132. The van der Waals surface area contributed by atoms with E-state index >= 15 is 0 Å². The molecule has 3 rings (SSSR count). The Labute approximate surface area is 183 Å². The van der Waals surface area contributed by atoms with E-state index in [1.807, 2.05) is 67.3 Å². The molecule has 1 aliphatic heterocycles. The molecule has 0 spiro atoms. The van der Waals surface area contributed by atoms with E-state index in [2.05, 4.69) is 15.5 Å². The van der Waals surface area contributed by atoms with Gasteiger partial charge in [0.15, 0.2) is 0 Å². The van der Waals surface area contributed by atoms with Crippen molar-refractivity contribution < 1.29 is 9.59 Å². The minimum absolute atomic E-state index is 0.00518. The fraction of sp³-hybridized carbons (Fsp3) is 0.391. The molecule has 0 bridgehead atoms. The second kappa shape index (κ2) is 10.6. The Kier molecular flexibility index (Phi) is 7.85. The van der Waals surface area contributed by atoms with Gasteiger partial charge in [0, 0.05) is 42.9 Å². The van der Waals surface area contributed by atoms with Gasteiger partial charge in [-0.3, -0.25) is 14.5 Å². The Balaban J connectivity index is 1.39. The molecule has 2 aromatic rings. The zero-order valence-electron chi connectivity index (χ0n) is 17.5. The Morgan fingerprint density at radius 3 is 2.37 bits per heavy atom. The van der Waals surface area contributed by atoms with Gasteiger partial charge in [0.25, 0.3) is 0 Å². The number of hydrogen-bond donors (Lipinski definition) is 2. The largest absolute Gasteiger partial charge is 0.339 e. The molecule has 2 N–H and O–H groups in total. The predicted molar refractivity (Wildman–Crippen MR) is 121 cm³/mol. The van der Waals surface area contributed by atoms with Gasteiger partial charge in [-0.2, -0.15) is 0 Å². The van der Waals surface area contributed by atoms with Crippen LogP contribution >= 0.6 is 11.6 Å². The zero-order chi connectivity index (χ0) is 21.5. The molecule has 0 unspecified atom stereocenters. The smallest absolute Gasteiger partial charge is 0.238 e. The van der Waals surface area contributed by atoms with E-state index in [0.717, 1.165) is 16.8 Å². The van der Waals surface area contributed by atoms with Crippen molar-refractivity contribution in [3.63, 3.8) is 0 Å². The highest BCUT2D eigenvalue weighted by Gasteiger charge is 2.23. The molecule has 160 valence electrons. The Bertz CT molecular complexity index is 864. The summed E-state index contributed by atoms with van der Waals surface area (Å²) < 4.78 is 0. The van der Waals surface area contributed by atoms with Gasteiger partial charge in [-0.05, 0) is 37.6 Å². The number of nitrogens with one attached hydrogen (secondary N) is 2. The van der Waals surface area contributed by atoms with Gasteiger partial charge >= 0.3 is 0 Å². The average molecular weight is 429 g/mol. The highest BCUT2D eigenvalue weighted by Crippen LogP contribution is 2.21. The minimum atomic E-state index is -0.0335. The number of anilines is 1. The standard InChI is InChI=1S/C23H29ClN4O2/c1-17-7-9-19(10-8-17)26-22(29)16-27-11-13-28(14-12-27)23(30)15-25-18(2)20-5-3-4-6-21(20)24/h3-10,18,25H,11-16H2,1-2H3,(H,26,29)/t18-/m0/s1. The monoisotopic (exact) mass is 428 g/mol. The van der Waals surface area contributed by atoms with Gasteiger partial charge in [-0.15, -0.1) is 0 Å². The van der Waals surface area contributed by atoms with Crippen molar-refractivity contribution in [2.24, 2.45) is 0 Å². The van der Waals surface area contributed by atoms with Crippen LogP contribution in [0.15, 0.2) is 48.5 Å². The first kappa shape index (κ1) is 22.3. The number of hydrogen-bond acceptors (Lipinski definition) is 4. The number of halogens is 1. The summed E-state index contributed by atoms with van der Waals surface area (Å²) in [6.45, 7) is 7.23. The number of rotatable bonds is 7. The number of aryl methyl sites for hydroxylation is 1. The van der Waals surface area contributed by atoms with Gasteiger partial charge < -0.3 is 15.5 Å². The highest BCUT2D eigenvalue weighted by atomic mass is 35.5. The molecule has 2 amide bonds. The van der Waals surface area contributed by atoms with Crippen molar-refractivity contribution in [1.29, 1.82) is 0 Å². The van der Waals surface area contributed by atoms with E-state index in [1.54, 1.807) is 0 Å². The quantitative estimate of drug-likeness (QED) is 0.711. The molecule has 30 heavy (non-hydrogen) atoms. The normalized spacial score (nSPS) is 15.6. The van der Waals surface area contributed by atoms with Crippen LogP contribution in [0, 0.1) is 6.92 Å². The highest BCUT2D eigenvalue weighted by molar-refractivity contribution is 6.31. The summed E-state index contributed by atoms with van der Waals surface area (Å²) in [4.78, 5) is 28.7. The molecule has 1 heterocycles. The number of nitrogens with zero attached hydrogens (tertiary/aromatic N) is 2. The second-order valence-electron chi connectivity index (χ2n) is 7.70. The molecule has 2 aromatic carbocycles. The van der Waals surface area contributed by atoms with Crippen LogP contribution in [0.25, 0.3) is 0 Å². The van der Waals surface area contributed by atoms with Crippen LogP contribution in [0.4, 0.5) is 5.69 Å². The maximum atomic E-state index is 12.5. The molecule has 0 radical (unpaired) electrons. The SMILES string of the molecule is Cc1ccc(NC(=O)CN2CCN(C(=O)CN[C@@H](C)c3ccccc3Cl)CC2)cc1.